The SMILES string of the molecule is COC(=O)c1cc(I)ccc1O[Si](C(C)C)(C(C)C)C(C)C. The topological polar surface area (TPSA) is 35.5 Å². The van der Waals surface area contributed by atoms with Gasteiger partial charge in [-0.05, 0) is 57.4 Å². The lowest BCUT2D eigenvalue weighted by Gasteiger charge is -2.42. The van der Waals surface area contributed by atoms with Gasteiger partial charge in [-0.25, -0.2) is 4.79 Å². The minimum Gasteiger partial charge on any atom is -0.542 e. The van der Waals surface area contributed by atoms with Crippen LogP contribution in [-0.4, -0.2) is 21.4 Å². The predicted molar refractivity (Wildman–Crippen MR) is 102 cm³/mol. The number of esters is 1. The lowest BCUT2D eigenvalue weighted by molar-refractivity contribution is 0.0598. The molecule has 0 aliphatic rings. The molecule has 0 spiro atoms. The van der Waals surface area contributed by atoms with Gasteiger partial charge in [0.2, 0.25) is 0 Å². The summed E-state index contributed by atoms with van der Waals surface area (Å²) in [6.07, 6.45) is 0. The van der Waals surface area contributed by atoms with Gasteiger partial charge in [0, 0.05) is 3.57 Å². The molecular weight excluding hydrogens is 407 g/mol. The highest BCUT2D eigenvalue weighted by Gasteiger charge is 2.47. The van der Waals surface area contributed by atoms with Crippen LogP contribution in [0.1, 0.15) is 51.9 Å². The highest BCUT2D eigenvalue weighted by atomic mass is 127. The molecule has 0 amide bonds. The Balaban J connectivity index is 3.39. The van der Waals surface area contributed by atoms with E-state index in [0.29, 0.717) is 27.9 Å². The molecule has 1 rings (SSSR count). The van der Waals surface area contributed by atoms with E-state index in [-0.39, 0.29) is 5.97 Å². The Hall–Kier alpha value is -0.563. The summed E-state index contributed by atoms with van der Waals surface area (Å²) in [5.41, 5.74) is 1.89. The minimum absolute atomic E-state index is 0.340. The fraction of sp³-hybridized carbons (Fsp3) is 0.588. The molecule has 5 heteroatoms. The van der Waals surface area contributed by atoms with E-state index in [0.717, 1.165) is 3.57 Å². The van der Waals surface area contributed by atoms with E-state index in [1.54, 1.807) is 0 Å². The molecule has 0 fully saturated rings. The van der Waals surface area contributed by atoms with E-state index in [2.05, 4.69) is 64.1 Å². The van der Waals surface area contributed by atoms with Crippen molar-refractivity contribution in [3.63, 3.8) is 0 Å². The summed E-state index contributed by atoms with van der Waals surface area (Å²) in [4.78, 5) is 12.1. The average Bonchev–Trinajstić information content (AvgIpc) is 2.43. The summed E-state index contributed by atoms with van der Waals surface area (Å²) >= 11 is 2.20. The second-order valence-electron chi connectivity index (χ2n) is 6.55. The van der Waals surface area contributed by atoms with Gasteiger partial charge in [0.15, 0.2) is 0 Å². The molecule has 3 nitrogen and oxygen atoms in total. The van der Waals surface area contributed by atoms with Crippen molar-refractivity contribution in [1.29, 1.82) is 0 Å². The van der Waals surface area contributed by atoms with Gasteiger partial charge in [-0.1, -0.05) is 41.5 Å². The zero-order chi connectivity index (χ0) is 17.1. The molecule has 0 bridgehead atoms. The summed E-state index contributed by atoms with van der Waals surface area (Å²) in [7, 11) is -0.679. The summed E-state index contributed by atoms with van der Waals surface area (Å²) in [6.45, 7) is 13.4. The van der Waals surface area contributed by atoms with E-state index < -0.39 is 8.32 Å². The molecule has 0 heterocycles. The van der Waals surface area contributed by atoms with Crippen LogP contribution < -0.4 is 4.43 Å². The van der Waals surface area contributed by atoms with Crippen LogP contribution in [0.15, 0.2) is 18.2 Å². The van der Waals surface area contributed by atoms with Crippen LogP contribution in [0.2, 0.25) is 16.6 Å². The Morgan fingerprint density at radius 2 is 1.55 bits per heavy atom. The third-order valence-electron chi connectivity index (χ3n) is 4.34. The largest absolute Gasteiger partial charge is 0.542 e. The smallest absolute Gasteiger partial charge is 0.341 e. The van der Waals surface area contributed by atoms with Gasteiger partial charge in [0.05, 0.1) is 7.11 Å². The van der Waals surface area contributed by atoms with Crippen molar-refractivity contribution >= 4 is 36.9 Å². The minimum atomic E-state index is -2.09. The van der Waals surface area contributed by atoms with Crippen molar-refractivity contribution in [2.45, 2.75) is 58.2 Å². The first kappa shape index (κ1) is 19.5. The second kappa shape index (κ2) is 7.81. The Morgan fingerprint density at radius 3 is 1.95 bits per heavy atom. The maximum atomic E-state index is 12.1. The molecule has 0 saturated carbocycles. The van der Waals surface area contributed by atoms with Gasteiger partial charge in [-0.3, -0.25) is 0 Å². The molecule has 1 aromatic carbocycles. The van der Waals surface area contributed by atoms with Crippen LogP contribution in [0.25, 0.3) is 0 Å². The third-order valence-corrected chi connectivity index (χ3v) is 11.0. The summed E-state index contributed by atoms with van der Waals surface area (Å²) < 4.78 is 12.5. The summed E-state index contributed by atoms with van der Waals surface area (Å²) in [6, 6.07) is 5.72. The number of hydrogen-bond donors (Lipinski definition) is 0. The molecule has 1 aromatic rings. The van der Waals surface area contributed by atoms with Crippen LogP contribution in [0.3, 0.4) is 0 Å². The average molecular weight is 434 g/mol. The number of halogens is 1. The van der Waals surface area contributed by atoms with Gasteiger partial charge in [-0.15, -0.1) is 0 Å². The van der Waals surface area contributed by atoms with E-state index in [4.69, 9.17) is 9.16 Å². The number of carbonyl (C=O) groups excluding carboxylic acids is 1. The zero-order valence-electron chi connectivity index (χ0n) is 14.6. The van der Waals surface area contributed by atoms with Crippen molar-refractivity contribution in [3.8, 4) is 5.75 Å². The van der Waals surface area contributed by atoms with Crippen molar-refractivity contribution in [2.24, 2.45) is 0 Å². The molecule has 0 aromatic heterocycles. The van der Waals surface area contributed by atoms with Crippen molar-refractivity contribution in [3.05, 3.63) is 27.3 Å². The van der Waals surface area contributed by atoms with E-state index in [1.165, 1.54) is 7.11 Å². The molecule has 0 radical (unpaired) electrons. The number of benzene rings is 1. The van der Waals surface area contributed by atoms with Crippen LogP contribution >= 0.6 is 22.6 Å². The molecule has 124 valence electrons. The summed E-state index contributed by atoms with van der Waals surface area (Å²) in [5.74, 6) is 0.322. The van der Waals surface area contributed by atoms with Gasteiger partial charge in [0.1, 0.15) is 11.3 Å². The second-order valence-corrected chi connectivity index (χ2v) is 13.2. The van der Waals surface area contributed by atoms with Crippen molar-refractivity contribution in [2.75, 3.05) is 7.11 Å². The number of methoxy groups -OCH3 is 1. The summed E-state index contributed by atoms with van der Waals surface area (Å²) in [5, 5.41) is 0. The fourth-order valence-electron chi connectivity index (χ4n) is 3.40. The van der Waals surface area contributed by atoms with Gasteiger partial charge in [0.25, 0.3) is 8.32 Å². The van der Waals surface area contributed by atoms with Gasteiger partial charge in [-0.2, -0.15) is 0 Å². The monoisotopic (exact) mass is 434 g/mol. The quantitative estimate of drug-likeness (QED) is 0.331. The highest BCUT2D eigenvalue weighted by Crippen LogP contribution is 2.43. The first-order chi connectivity index (χ1) is 10.2. The van der Waals surface area contributed by atoms with Crippen molar-refractivity contribution < 1.29 is 14.0 Å². The number of carbonyl (C=O) groups is 1. The first-order valence-corrected chi connectivity index (χ1v) is 11.0. The number of hydrogen-bond acceptors (Lipinski definition) is 3. The van der Waals surface area contributed by atoms with Gasteiger partial charge < -0.3 is 9.16 Å². The standard InChI is InChI=1S/C17H27IO3Si/c1-11(2)22(12(3)4,13(5)6)21-16-9-8-14(18)10-15(16)17(19)20-7/h8-13H,1-7H3. The van der Waals surface area contributed by atoms with Crippen LogP contribution in [-0.2, 0) is 4.74 Å². The van der Waals surface area contributed by atoms with Crippen LogP contribution in [0, 0.1) is 3.57 Å². The number of rotatable bonds is 6. The lowest BCUT2D eigenvalue weighted by Crippen LogP contribution is -2.51. The molecule has 0 aliphatic carbocycles. The Kier molecular flexibility index (Phi) is 6.92. The fourth-order valence-corrected chi connectivity index (χ4v) is 9.16. The molecule has 0 unspecified atom stereocenters. The van der Waals surface area contributed by atoms with Gasteiger partial charge >= 0.3 is 5.97 Å². The van der Waals surface area contributed by atoms with Crippen molar-refractivity contribution in [1.82, 2.24) is 0 Å². The van der Waals surface area contributed by atoms with Crippen LogP contribution in [0.4, 0.5) is 0 Å². The Morgan fingerprint density at radius 1 is 1.05 bits per heavy atom. The Bertz CT molecular complexity index is 505. The number of ether oxygens (including phenoxy) is 1. The Labute approximate surface area is 149 Å². The molecule has 0 atom stereocenters. The maximum Gasteiger partial charge on any atom is 0.341 e. The first-order valence-electron chi connectivity index (χ1n) is 7.73. The third kappa shape index (κ3) is 3.85. The zero-order valence-corrected chi connectivity index (χ0v) is 17.7. The molecule has 0 aliphatic heterocycles. The highest BCUT2D eigenvalue weighted by molar-refractivity contribution is 14.1. The molecule has 0 saturated heterocycles. The normalized spacial score (nSPS) is 12.1. The maximum absolute atomic E-state index is 12.1. The van der Waals surface area contributed by atoms with E-state index in [9.17, 15) is 4.79 Å². The molecular formula is C17H27IO3Si. The predicted octanol–water partition coefficient (Wildman–Crippen LogP) is 5.63. The molecule has 22 heavy (non-hydrogen) atoms. The van der Waals surface area contributed by atoms with Crippen LogP contribution in [0.5, 0.6) is 5.75 Å². The van der Waals surface area contributed by atoms with E-state index >= 15 is 0 Å². The van der Waals surface area contributed by atoms with E-state index in [1.807, 2.05) is 18.2 Å². The molecule has 0 N–H and O–H groups in total. The lowest BCUT2D eigenvalue weighted by atomic mass is 10.2.